The fraction of sp³-hybridized carbons (Fsp3) is 0.0769. The highest BCUT2D eigenvalue weighted by Crippen LogP contribution is 2.24. The molecule has 3 N–H and O–H groups in total. The van der Waals surface area contributed by atoms with E-state index in [1.54, 1.807) is 43.6 Å². The molecule has 0 aliphatic carbocycles. The van der Waals surface area contributed by atoms with Crippen molar-refractivity contribution in [3.8, 4) is 11.5 Å². The average molecular weight is 229 g/mol. The summed E-state index contributed by atoms with van der Waals surface area (Å²) >= 11 is 0. The number of pyridine rings is 1. The van der Waals surface area contributed by atoms with Crippen molar-refractivity contribution in [2.24, 2.45) is 0 Å². The Balaban J connectivity index is 0.00000162. The van der Waals surface area contributed by atoms with E-state index >= 15 is 0 Å². The molecular formula is C13H15N3O. The number of nitrogens with one attached hydrogen (secondary N) is 1. The SMILES string of the molecule is CC(=N)c1ccc(Oc2cccnc2)cc1N.[HH]. The summed E-state index contributed by atoms with van der Waals surface area (Å²) in [5, 5.41) is 7.54. The summed E-state index contributed by atoms with van der Waals surface area (Å²) in [6.45, 7) is 1.70. The van der Waals surface area contributed by atoms with Crippen LogP contribution in [0.25, 0.3) is 0 Å². The summed E-state index contributed by atoms with van der Waals surface area (Å²) in [6, 6.07) is 8.90. The minimum Gasteiger partial charge on any atom is -0.456 e. The zero-order chi connectivity index (χ0) is 12.3. The van der Waals surface area contributed by atoms with Gasteiger partial charge in [-0.25, -0.2) is 0 Å². The summed E-state index contributed by atoms with van der Waals surface area (Å²) in [7, 11) is 0. The van der Waals surface area contributed by atoms with Crippen molar-refractivity contribution in [2.75, 3.05) is 5.73 Å². The Kier molecular flexibility index (Phi) is 3.05. The van der Waals surface area contributed by atoms with E-state index in [9.17, 15) is 0 Å². The smallest absolute Gasteiger partial charge is 0.145 e. The van der Waals surface area contributed by atoms with Crippen LogP contribution >= 0.6 is 0 Å². The first kappa shape index (κ1) is 11.1. The molecule has 4 nitrogen and oxygen atoms in total. The molecule has 0 aliphatic rings. The molecule has 0 atom stereocenters. The number of rotatable bonds is 3. The van der Waals surface area contributed by atoms with E-state index in [0.717, 1.165) is 5.56 Å². The third kappa shape index (κ3) is 2.60. The van der Waals surface area contributed by atoms with Crippen LogP contribution in [0.3, 0.4) is 0 Å². The molecule has 1 aromatic heterocycles. The lowest BCUT2D eigenvalue weighted by molar-refractivity contribution is 0.480. The quantitative estimate of drug-likeness (QED) is 0.627. The van der Waals surface area contributed by atoms with Gasteiger partial charge < -0.3 is 15.9 Å². The molecule has 2 rings (SSSR count). The molecular weight excluding hydrogens is 214 g/mol. The minimum absolute atomic E-state index is 0. The van der Waals surface area contributed by atoms with E-state index in [0.29, 0.717) is 22.9 Å². The van der Waals surface area contributed by atoms with Gasteiger partial charge in [-0.3, -0.25) is 4.98 Å². The van der Waals surface area contributed by atoms with Crippen LogP contribution in [0.1, 0.15) is 13.9 Å². The van der Waals surface area contributed by atoms with E-state index < -0.39 is 0 Å². The minimum atomic E-state index is 0. The maximum Gasteiger partial charge on any atom is 0.145 e. The molecule has 0 spiro atoms. The van der Waals surface area contributed by atoms with Crippen LogP contribution in [0.15, 0.2) is 42.7 Å². The van der Waals surface area contributed by atoms with Crippen molar-refractivity contribution >= 4 is 11.4 Å². The van der Waals surface area contributed by atoms with E-state index in [2.05, 4.69) is 4.98 Å². The van der Waals surface area contributed by atoms with Crippen molar-refractivity contribution in [2.45, 2.75) is 6.92 Å². The van der Waals surface area contributed by atoms with Crippen LogP contribution in [-0.4, -0.2) is 10.7 Å². The van der Waals surface area contributed by atoms with Gasteiger partial charge in [0.15, 0.2) is 0 Å². The summed E-state index contributed by atoms with van der Waals surface area (Å²) in [5.41, 5.74) is 7.55. The Morgan fingerprint density at radius 1 is 1.35 bits per heavy atom. The van der Waals surface area contributed by atoms with E-state index in [1.165, 1.54) is 0 Å². The van der Waals surface area contributed by atoms with Gasteiger partial charge in [0.05, 0.1) is 6.20 Å². The Hall–Kier alpha value is -2.36. The van der Waals surface area contributed by atoms with Gasteiger partial charge >= 0.3 is 0 Å². The highest BCUT2D eigenvalue weighted by Gasteiger charge is 2.04. The number of hydrogen-bond acceptors (Lipinski definition) is 4. The van der Waals surface area contributed by atoms with E-state index in [4.69, 9.17) is 15.9 Å². The molecule has 0 unspecified atom stereocenters. The summed E-state index contributed by atoms with van der Waals surface area (Å²) in [6.07, 6.45) is 3.31. The van der Waals surface area contributed by atoms with Crippen molar-refractivity contribution < 1.29 is 6.16 Å². The summed E-state index contributed by atoms with van der Waals surface area (Å²) in [4.78, 5) is 3.96. The zero-order valence-electron chi connectivity index (χ0n) is 9.47. The predicted octanol–water partition coefficient (Wildman–Crippen LogP) is 3.09. The van der Waals surface area contributed by atoms with Gasteiger partial charge in [-0.15, -0.1) is 0 Å². The zero-order valence-corrected chi connectivity index (χ0v) is 9.47. The second kappa shape index (κ2) is 4.65. The highest BCUT2D eigenvalue weighted by molar-refractivity contribution is 6.01. The maximum atomic E-state index is 7.54. The molecule has 4 heteroatoms. The normalized spacial score (nSPS) is 9.94. The van der Waals surface area contributed by atoms with Gasteiger partial charge in [0.25, 0.3) is 0 Å². The van der Waals surface area contributed by atoms with Crippen LogP contribution in [0, 0.1) is 5.41 Å². The molecule has 0 bridgehead atoms. The first-order valence-corrected chi connectivity index (χ1v) is 5.20. The van der Waals surface area contributed by atoms with Crippen LogP contribution in [-0.2, 0) is 0 Å². The third-order valence-corrected chi connectivity index (χ3v) is 2.30. The molecule has 0 amide bonds. The number of hydrogen-bond donors (Lipinski definition) is 2. The van der Waals surface area contributed by atoms with Gasteiger partial charge in [0.2, 0.25) is 0 Å². The molecule has 17 heavy (non-hydrogen) atoms. The first-order chi connectivity index (χ1) is 8.16. The topological polar surface area (TPSA) is 72.0 Å². The van der Waals surface area contributed by atoms with Gasteiger partial charge in [0, 0.05) is 30.7 Å². The lowest BCUT2D eigenvalue weighted by Gasteiger charge is -2.08. The lowest BCUT2D eigenvalue weighted by atomic mass is 10.1. The number of nitrogens with two attached hydrogens (primary N) is 1. The maximum absolute atomic E-state index is 7.54. The Labute approximate surface area is 101 Å². The Bertz CT molecular complexity index is 543. The number of ether oxygens (including phenoxy) is 1. The largest absolute Gasteiger partial charge is 0.456 e. The van der Waals surface area contributed by atoms with E-state index in [1.807, 2.05) is 6.07 Å². The van der Waals surface area contributed by atoms with E-state index in [-0.39, 0.29) is 1.43 Å². The molecule has 2 aromatic rings. The predicted molar refractivity (Wildman–Crippen MR) is 69.8 cm³/mol. The molecule has 1 aromatic carbocycles. The van der Waals surface area contributed by atoms with Crippen molar-refractivity contribution in [3.05, 3.63) is 48.3 Å². The molecule has 0 fully saturated rings. The molecule has 88 valence electrons. The Morgan fingerprint density at radius 2 is 2.18 bits per heavy atom. The van der Waals surface area contributed by atoms with Crippen LogP contribution in [0.4, 0.5) is 5.69 Å². The van der Waals surface area contributed by atoms with Gasteiger partial charge in [-0.05, 0) is 31.2 Å². The van der Waals surface area contributed by atoms with Crippen molar-refractivity contribution in [1.82, 2.24) is 4.98 Å². The average Bonchev–Trinajstić information content (AvgIpc) is 2.30. The fourth-order valence-corrected chi connectivity index (χ4v) is 1.49. The van der Waals surface area contributed by atoms with Gasteiger partial charge in [-0.1, -0.05) is 0 Å². The number of benzene rings is 1. The fourth-order valence-electron chi connectivity index (χ4n) is 1.49. The van der Waals surface area contributed by atoms with Crippen LogP contribution < -0.4 is 10.5 Å². The number of anilines is 1. The lowest BCUT2D eigenvalue weighted by Crippen LogP contribution is -1.99. The van der Waals surface area contributed by atoms with Crippen LogP contribution in [0.5, 0.6) is 11.5 Å². The van der Waals surface area contributed by atoms with Gasteiger partial charge in [-0.2, -0.15) is 0 Å². The van der Waals surface area contributed by atoms with Crippen molar-refractivity contribution in [1.29, 1.82) is 5.41 Å². The molecule has 0 saturated carbocycles. The first-order valence-electron chi connectivity index (χ1n) is 5.20. The Morgan fingerprint density at radius 3 is 2.76 bits per heavy atom. The summed E-state index contributed by atoms with van der Waals surface area (Å²) in [5.74, 6) is 1.30. The van der Waals surface area contributed by atoms with Crippen LogP contribution in [0.2, 0.25) is 0 Å². The monoisotopic (exact) mass is 229 g/mol. The highest BCUT2D eigenvalue weighted by atomic mass is 16.5. The molecule has 0 radical (unpaired) electrons. The number of aromatic nitrogens is 1. The van der Waals surface area contributed by atoms with Gasteiger partial charge in [0.1, 0.15) is 11.5 Å². The molecule has 1 heterocycles. The summed E-state index contributed by atoms with van der Waals surface area (Å²) < 4.78 is 5.58. The third-order valence-electron chi connectivity index (χ3n) is 2.30. The molecule has 0 aliphatic heterocycles. The van der Waals surface area contributed by atoms with Crippen molar-refractivity contribution in [3.63, 3.8) is 0 Å². The standard InChI is InChI=1S/C13H13N3O.H2/c1-9(14)12-5-4-10(7-13(12)15)17-11-3-2-6-16-8-11;/h2-8,14H,15H2,1H3;1H. The second-order valence-electron chi connectivity index (χ2n) is 3.66. The number of nitrogen functional groups attached to an aromatic ring is 1. The number of nitrogens with zero attached hydrogens (tertiary/aromatic N) is 1. The second-order valence-corrected chi connectivity index (χ2v) is 3.66. The molecule has 0 saturated heterocycles.